The second kappa shape index (κ2) is 5.86. The van der Waals surface area contributed by atoms with Gasteiger partial charge in [-0.2, -0.15) is 0 Å². The topological polar surface area (TPSA) is 45.5 Å². The summed E-state index contributed by atoms with van der Waals surface area (Å²) in [7, 11) is 1.82. The second-order valence-electron chi connectivity index (χ2n) is 7.11. The lowest BCUT2D eigenvalue weighted by Gasteiger charge is -2.41. The molecule has 0 N–H and O–H groups in total. The van der Waals surface area contributed by atoms with Crippen molar-refractivity contribution < 1.29 is 9.59 Å². The van der Waals surface area contributed by atoms with Crippen LogP contribution in [0.15, 0.2) is 12.3 Å². The average Bonchev–Trinajstić information content (AvgIpc) is 3.05. The Morgan fingerprint density at radius 3 is 2.65 bits per heavy atom. The molecule has 0 aromatic carbocycles. The fraction of sp³-hybridized carbons (Fsp3) is 0.647. The highest BCUT2D eigenvalue weighted by Crippen LogP contribution is 2.41. The van der Waals surface area contributed by atoms with Gasteiger partial charge in [0.25, 0.3) is 5.91 Å². The van der Waals surface area contributed by atoms with Crippen LogP contribution in [-0.4, -0.2) is 51.9 Å². The Hall–Kier alpha value is -1.49. The Morgan fingerprint density at radius 1 is 1.30 bits per heavy atom. The Morgan fingerprint density at radius 2 is 2.04 bits per heavy atom. The molecule has 0 saturated carbocycles. The number of aryl methyl sites for hydroxylation is 1. The third kappa shape index (κ3) is 2.75. The van der Waals surface area contributed by atoms with E-state index in [0.717, 1.165) is 25.8 Å². The number of halogens is 1. The van der Waals surface area contributed by atoms with E-state index in [2.05, 4.69) is 13.8 Å². The molecule has 3 heterocycles. The molecule has 2 amide bonds. The van der Waals surface area contributed by atoms with Crippen molar-refractivity contribution in [3.8, 4) is 0 Å². The molecule has 2 aliphatic heterocycles. The number of hydrogen-bond donors (Lipinski definition) is 0. The fourth-order valence-corrected chi connectivity index (χ4v) is 4.17. The van der Waals surface area contributed by atoms with Gasteiger partial charge in [0.05, 0.1) is 10.4 Å². The number of amides is 2. The molecule has 5 nitrogen and oxygen atoms in total. The van der Waals surface area contributed by atoms with Crippen LogP contribution < -0.4 is 0 Å². The standard InChI is InChI=1S/C17H24ClN3O2/c1-12(2)21-7-4-5-17(16(21)23)6-8-20(11-17)15(22)14-9-13(18)10-19(14)3/h9-10,12H,4-8,11H2,1-3H3/t17-/m1/s1. The minimum absolute atomic E-state index is 0.0363. The van der Waals surface area contributed by atoms with Crippen molar-refractivity contribution in [2.24, 2.45) is 12.5 Å². The van der Waals surface area contributed by atoms with Gasteiger partial charge in [0.1, 0.15) is 5.69 Å². The van der Waals surface area contributed by atoms with Crippen molar-refractivity contribution in [1.29, 1.82) is 0 Å². The molecule has 2 saturated heterocycles. The first-order chi connectivity index (χ1) is 10.8. The second-order valence-corrected chi connectivity index (χ2v) is 7.54. The van der Waals surface area contributed by atoms with Gasteiger partial charge in [0, 0.05) is 38.9 Å². The first-order valence-electron chi connectivity index (χ1n) is 8.26. The van der Waals surface area contributed by atoms with E-state index in [1.807, 2.05) is 16.8 Å². The van der Waals surface area contributed by atoms with Crippen LogP contribution in [0, 0.1) is 5.41 Å². The zero-order valence-corrected chi connectivity index (χ0v) is 14.8. The summed E-state index contributed by atoms with van der Waals surface area (Å²) in [5.74, 6) is 0.185. The summed E-state index contributed by atoms with van der Waals surface area (Å²) >= 11 is 5.98. The van der Waals surface area contributed by atoms with Crippen LogP contribution in [0.3, 0.4) is 0 Å². The molecule has 0 radical (unpaired) electrons. The highest BCUT2D eigenvalue weighted by atomic mass is 35.5. The van der Waals surface area contributed by atoms with Crippen molar-refractivity contribution in [1.82, 2.24) is 14.4 Å². The summed E-state index contributed by atoms with van der Waals surface area (Å²) in [5, 5.41) is 0.560. The third-order valence-electron chi connectivity index (χ3n) is 5.22. The van der Waals surface area contributed by atoms with Gasteiger partial charge in [-0.05, 0) is 39.2 Å². The molecule has 0 unspecified atom stereocenters. The molecule has 2 aliphatic rings. The van der Waals surface area contributed by atoms with E-state index in [-0.39, 0.29) is 23.3 Å². The van der Waals surface area contributed by atoms with Crippen LogP contribution in [0.25, 0.3) is 0 Å². The van der Waals surface area contributed by atoms with Crippen LogP contribution in [0.1, 0.15) is 43.6 Å². The number of aromatic nitrogens is 1. The SMILES string of the molecule is CC(C)N1CCC[C@]2(CCN(C(=O)c3cc(Cl)cn3C)C2)C1=O. The van der Waals surface area contributed by atoms with Gasteiger partial charge in [-0.1, -0.05) is 11.6 Å². The van der Waals surface area contributed by atoms with E-state index in [1.165, 1.54) is 0 Å². The maximum Gasteiger partial charge on any atom is 0.270 e. The summed E-state index contributed by atoms with van der Waals surface area (Å²) in [6.07, 6.45) is 4.39. The van der Waals surface area contributed by atoms with Crippen LogP contribution in [0.2, 0.25) is 5.02 Å². The van der Waals surface area contributed by atoms with Crippen LogP contribution in [0.5, 0.6) is 0 Å². The maximum absolute atomic E-state index is 12.9. The van der Waals surface area contributed by atoms with Crippen molar-refractivity contribution in [2.75, 3.05) is 19.6 Å². The molecule has 1 atom stereocenters. The fourth-order valence-electron chi connectivity index (χ4n) is 3.92. The van der Waals surface area contributed by atoms with E-state index in [9.17, 15) is 9.59 Å². The van der Waals surface area contributed by atoms with E-state index in [0.29, 0.717) is 23.8 Å². The van der Waals surface area contributed by atoms with Crippen LogP contribution in [0.4, 0.5) is 0 Å². The van der Waals surface area contributed by atoms with E-state index >= 15 is 0 Å². The molecule has 2 fully saturated rings. The predicted octanol–water partition coefficient (Wildman–Crippen LogP) is 2.54. The number of carbonyl (C=O) groups is 2. The molecule has 23 heavy (non-hydrogen) atoms. The highest BCUT2D eigenvalue weighted by molar-refractivity contribution is 6.31. The molecule has 0 aliphatic carbocycles. The molecular formula is C17H24ClN3O2. The number of piperidine rings is 1. The minimum Gasteiger partial charge on any atom is -0.345 e. The minimum atomic E-state index is -0.382. The van der Waals surface area contributed by atoms with Gasteiger partial charge in [-0.15, -0.1) is 0 Å². The van der Waals surface area contributed by atoms with Gasteiger partial charge in [-0.25, -0.2) is 0 Å². The van der Waals surface area contributed by atoms with Gasteiger partial charge in [-0.3, -0.25) is 9.59 Å². The quantitative estimate of drug-likeness (QED) is 0.832. The van der Waals surface area contributed by atoms with Crippen molar-refractivity contribution in [2.45, 2.75) is 39.2 Å². The molecule has 6 heteroatoms. The smallest absolute Gasteiger partial charge is 0.270 e. The third-order valence-corrected chi connectivity index (χ3v) is 5.43. The van der Waals surface area contributed by atoms with Gasteiger partial charge < -0.3 is 14.4 Å². The van der Waals surface area contributed by atoms with Crippen LogP contribution >= 0.6 is 11.6 Å². The van der Waals surface area contributed by atoms with E-state index < -0.39 is 0 Å². The zero-order chi connectivity index (χ0) is 16.8. The van der Waals surface area contributed by atoms with E-state index in [1.54, 1.807) is 16.8 Å². The number of hydrogen-bond acceptors (Lipinski definition) is 2. The van der Waals surface area contributed by atoms with E-state index in [4.69, 9.17) is 11.6 Å². The number of nitrogens with zero attached hydrogens (tertiary/aromatic N) is 3. The largest absolute Gasteiger partial charge is 0.345 e. The monoisotopic (exact) mass is 337 g/mol. The van der Waals surface area contributed by atoms with Gasteiger partial charge in [0.15, 0.2) is 0 Å². The molecule has 0 bridgehead atoms. The molecule has 1 aromatic rings. The summed E-state index contributed by atoms with van der Waals surface area (Å²) in [6.45, 7) is 6.11. The lowest BCUT2D eigenvalue weighted by molar-refractivity contribution is -0.147. The number of likely N-dealkylation sites (tertiary alicyclic amines) is 2. The summed E-state index contributed by atoms with van der Waals surface area (Å²) in [4.78, 5) is 29.5. The van der Waals surface area contributed by atoms with Gasteiger partial charge >= 0.3 is 0 Å². The Labute approximate surface area is 142 Å². The van der Waals surface area contributed by atoms with Crippen molar-refractivity contribution in [3.05, 3.63) is 23.0 Å². The molecule has 1 spiro atoms. The number of rotatable bonds is 2. The highest BCUT2D eigenvalue weighted by Gasteiger charge is 2.50. The average molecular weight is 338 g/mol. The predicted molar refractivity (Wildman–Crippen MR) is 89.5 cm³/mol. The van der Waals surface area contributed by atoms with Crippen molar-refractivity contribution >= 4 is 23.4 Å². The number of carbonyl (C=O) groups excluding carboxylic acids is 2. The Balaban J connectivity index is 1.78. The lowest BCUT2D eigenvalue weighted by atomic mass is 9.78. The molecule has 3 rings (SSSR count). The Kier molecular flexibility index (Phi) is 4.17. The lowest BCUT2D eigenvalue weighted by Crippen LogP contribution is -2.52. The van der Waals surface area contributed by atoms with Gasteiger partial charge in [0.2, 0.25) is 5.91 Å². The Bertz CT molecular complexity index is 640. The summed E-state index contributed by atoms with van der Waals surface area (Å²) in [6, 6.07) is 1.91. The normalized spacial score (nSPS) is 25.0. The van der Waals surface area contributed by atoms with Crippen molar-refractivity contribution in [3.63, 3.8) is 0 Å². The molecule has 126 valence electrons. The molecular weight excluding hydrogens is 314 g/mol. The van der Waals surface area contributed by atoms with Crippen LogP contribution in [-0.2, 0) is 11.8 Å². The molecule has 1 aromatic heterocycles. The maximum atomic E-state index is 12.9. The first-order valence-corrected chi connectivity index (χ1v) is 8.64. The first kappa shape index (κ1) is 16.4. The summed E-state index contributed by atoms with van der Waals surface area (Å²) in [5.41, 5.74) is 0.198. The zero-order valence-electron chi connectivity index (χ0n) is 14.0. The summed E-state index contributed by atoms with van der Waals surface area (Å²) < 4.78 is 1.75.